The van der Waals surface area contributed by atoms with Crippen molar-refractivity contribution < 1.29 is 28.6 Å². The lowest BCUT2D eigenvalue weighted by Gasteiger charge is -2.22. The molecule has 1 aromatic rings. The van der Waals surface area contributed by atoms with E-state index in [1.54, 1.807) is 33.8 Å². The first-order valence-electron chi connectivity index (χ1n) is 10.2. The fourth-order valence-corrected chi connectivity index (χ4v) is 3.74. The second-order valence-electron chi connectivity index (χ2n) is 6.82. The number of ether oxygens (including phenoxy) is 3. The van der Waals surface area contributed by atoms with Gasteiger partial charge in [-0.15, -0.1) is 0 Å². The van der Waals surface area contributed by atoms with E-state index in [0.717, 1.165) is 42.4 Å². The fourth-order valence-electron chi connectivity index (χ4n) is 3.74. The topological polar surface area (TPSA) is 78.9 Å². The number of esters is 3. The van der Waals surface area contributed by atoms with Crippen LogP contribution in [-0.4, -0.2) is 37.7 Å². The zero-order chi connectivity index (χ0) is 20.7. The van der Waals surface area contributed by atoms with Gasteiger partial charge < -0.3 is 14.2 Å². The summed E-state index contributed by atoms with van der Waals surface area (Å²) in [6.45, 7) is 7.69. The van der Waals surface area contributed by atoms with E-state index in [4.69, 9.17) is 14.2 Å². The number of carbonyl (C=O) groups excluding carboxylic acids is 3. The van der Waals surface area contributed by atoms with Crippen molar-refractivity contribution in [2.75, 3.05) is 19.8 Å². The molecule has 1 aromatic carbocycles. The van der Waals surface area contributed by atoms with Crippen LogP contribution in [0.4, 0.5) is 0 Å². The van der Waals surface area contributed by atoms with Crippen molar-refractivity contribution in [1.29, 1.82) is 0 Å². The van der Waals surface area contributed by atoms with Gasteiger partial charge in [0.1, 0.15) is 0 Å². The van der Waals surface area contributed by atoms with Gasteiger partial charge in [-0.1, -0.05) is 6.42 Å². The lowest BCUT2D eigenvalue weighted by atomic mass is 9.84. The highest BCUT2D eigenvalue weighted by Gasteiger charge is 2.31. The van der Waals surface area contributed by atoms with Crippen molar-refractivity contribution in [3.05, 3.63) is 33.9 Å². The van der Waals surface area contributed by atoms with Crippen LogP contribution in [0.1, 0.15) is 90.3 Å². The van der Waals surface area contributed by atoms with E-state index in [1.807, 2.05) is 0 Å². The van der Waals surface area contributed by atoms with Gasteiger partial charge in [-0.05, 0) is 76.1 Å². The molecule has 1 aliphatic carbocycles. The molecule has 0 N–H and O–H groups in total. The minimum Gasteiger partial charge on any atom is -0.466 e. The summed E-state index contributed by atoms with van der Waals surface area (Å²) >= 11 is 0. The molecule has 0 bridgehead atoms. The Kier molecular flexibility index (Phi) is 8.03. The molecule has 0 radical (unpaired) electrons. The van der Waals surface area contributed by atoms with E-state index in [1.165, 1.54) is 0 Å². The Hall–Kier alpha value is -2.37. The molecule has 1 unspecified atom stereocenters. The lowest BCUT2D eigenvalue weighted by Crippen LogP contribution is -2.22. The highest BCUT2D eigenvalue weighted by atomic mass is 16.5. The standard InChI is InChI=1S/C22H30O6/c1-5-26-20(23)14(4)17-13-18(21(24)27-6-2)19(22(25)28-7-3)16-12-10-8-9-11-15(16)17/h13-14H,5-12H2,1-4H3. The van der Waals surface area contributed by atoms with Crippen LogP contribution in [0.25, 0.3) is 0 Å². The molecular weight excluding hydrogens is 360 g/mol. The van der Waals surface area contributed by atoms with Gasteiger partial charge in [0, 0.05) is 0 Å². The molecule has 0 heterocycles. The monoisotopic (exact) mass is 390 g/mol. The zero-order valence-electron chi connectivity index (χ0n) is 17.3. The highest BCUT2D eigenvalue weighted by molar-refractivity contribution is 6.05. The second kappa shape index (κ2) is 10.2. The van der Waals surface area contributed by atoms with Crippen LogP contribution in [0.5, 0.6) is 0 Å². The summed E-state index contributed by atoms with van der Waals surface area (Å²) in [5.41, 5.74) is 2.98. The van der Waals surface area contributed by atoms with Gasteiger partial charge in [0.15, 0.2) is 0 Å². The molecule has 6 nitrogen and oxygen atoms in total. The molecule has 0 saturated carbocycles. The van der Waals surface area contributed by atoms with E-state index in [0.29, 0.717) is 6.42 Å². The minimum absolute atomic E-state index is 0.173. The van der Waals surface area contributed by atoms with Crippen molar-refractivity contribution in [3.8, 4) is 0 Å². The van der Waals surface area contributed by atoms with E-state index >= 15 is 0 Å². The van der Waals surface area contributed by atoms with Crippen LogP contribution in [0.15, 0.2) is 6.07 Å². The zero-order valence-corrected chi connectivity index (χ0v) is 17.3. The molecule has 0 fully saturated rings. The number of rotatable bonds is 7. The summed E-state index contributed by atoms with van der Waals surface area (Å²) in [6.07, 6.45) is 4.33. The molecule has 0 aliphatic heterocycles. The number of carbonyl (C=O) groups is 3. The smallest absolute Gasteiger partial charge is 0.339 e. The fraction of sp³-hybridized carbons (Fsp3) is 0.591. The first-order chi connectivity index (χ1) is 13.5. The van der Waals surface area contributed by atoms with Crippen LogP contribution < -0.4 is 0 Å². The Labute approximate surface area is 166 Å². The Morgan fingerprint density at radius 1 is 0.857 bits per heavy atom. The molecule has 1 atom stereocenters. The maximum atomic E-state index is 12.8. The third-order valence-corrected chi connectivity index (χ3v) is 5.02. The summed E-state index contributed by atoms with van der Waals surface area (Å²) in [5, 5.41) is 0. The maximum Gasteiger partial charge on any atom is 0.339 e. The van der Waals surface area contributed by atoms with Gasteiger partial charge >= 0.3 is 17.9 Å². The first-order valence-corrected chi connectivity index (χ1v) is 10.2. The molecule has 0 spiro atoms. The third-order valence-electron chi connectivity index (χ3n) is 5.02. The van der Waals surface area contributed by atoms with E-state index < -0.39 is 17.9 Å². The molecule has 0 aromatic heterocycles. The molecular formula is C22H30O6. The molecule has 0 amide bonds. The van der Waals surface area contributed by atoms with Crippen LogP contribution >= 0.6 is 0 Å². The summed E-state index contributed by atoms with van der Waals surface area (Å²) in [7, 11) is 0. The third kappa shape index (κ3) is 4.72. The van der Waals surface area contributed by atoms with Crippen molar-refractivity contribution in [3.63, 3.8) is 0 Å². The van der Waals surface area contributed by atoms with Crippen LogP contribution in [0.2, 0.25) is 0 Å². The molecule has 6 heteroatoms. The Bertz CT molecular complexity index is 737. The SMILES string of the molecule is CCOC(=O)c1cc(C(C)C(=O)OCC)c2c(c1C(=O)OCC)CCCCC2. The Morgan fingerprint density at radius 2 is 1.43 bits per heavy atom. The molecule has 2 rings (SSSR count). The minimum atomic E-state index is -0.574. The lowest BCUT2D eigenvalue weighted by molar-refractivity contribution is -0.144. The number of fused-ring (bicyclic) bond motifs is 1. The van der Waals surface area contributed by atoms with Crippen LogP contribution in [-0.2, 0) is 31.8 Å². The van der Waals surface area contributed by atoms with Crippen molar-refractivity contribution in [2.24, 2.45) is 0 Å². The summed E-state index contributed by atoms with van der Waals surface area (Å²) in [4.78, 5) is 37.8. The highest BCUT2D eigenvalue weighted by Crippen LogP contribution is 2.34. The largest absolute Gasteiger partial charge is 0.466 e. The molecule has 28 heavy (non-hydrogen) atoms. The van der Waals surface area contributed by atoms with Crippen molar-refractivity contribution in [2.45, 2.75) is 65.7 Å². The van der Waals surface area contributed by atoms with Gasteiger partial charge in [0.25, 0.3) is 0 Å². The van der Waals surface area contributed by atoms with Gasteiger partial charge in [-0.3, -0.25) is 4.79 Å². The Morgan fingerprint density at radius 3 is 2.04 bits per heavy atom. The molecule has 0 saturated heterocycles. The van der Waals surface area contributed by atoms with E-state index in [9.17, 15) is 14.4 Å². The van der Waals surface area contributed by atoms with Gasteiger partial charge in [0.2, 0.25) is 0 Å². The summed E-state index contributed by atoms with van der Waals surface area (Å²) in [5.74, 6) is -1.96. The maximum absolute atomic E-state index is 12.8. The van der Waals surface area contributed by atoms with E-state index in [2.05, 4.69) is 0 Å². The van der Waals surface area contributed by atoms with Crippen molar-refractivity contribution >= 4 is 17.9 Å². The van der Waals surface area contributed by atoms with Gasteiger partial charge in [0.05, 0.1) is 36.9 Å². The summed E-state index contributed by atoms with van der Waals surface area (Å²) in [6, 6.07) is 1.63. The second-order valence-corrected chi connectivity index (χ2v) is 6.82. The predicted molar refractivity (Wildman–Crippen MR) is 105 cm³/mol. The van der Waals surface area contributed by atoms with Gasteiger partial charge in [-0.2, -0.15) is 0 Å². The quantitative estimate of drug-likeness (QED) is 0.398. The number of benzene rings is 1. The van der Waals surface area contributed by atoms with Crippen molar-refractivity contribution in [1.82, 2.24) is 0 Å². The number of hydrogen-bond acceptors (Lipinski definition) is 6. The molecule has 1 aliphatic rings. The van der Waals surface area contributed by atoms with Crippen LogP contribution in [0.3, 0.4) is 0 Å². The van der Waals surface area contributed by atoms with Gasteiger partial charge in [-0.25, -0.2) is 9.59 Å². The summed E-state index contributed by atoms with van der Waals surface area (Å²) < 4.78 is 15.6. The number of hydrogen-bond donors (Lipinski definition) is 0. The van der Waals surface area contributed by atoms with E-state index in [-0.39, 0.29) is 36.9 Å². The molecule has 154 valence electrons. The predicted octanol–water partition coefficient (Wildman–Crippen LogP) is 3.98. The normalized spacial score (nSPS) is 14.4. The van der Waals surface area contributed by atoms with Crippen LogP contribution in [0, 0.1) is 0 Å². The average Bonchev–Trinajstić information content (AvgIpc) is 2.92. The Balaban J connectivity index is 2.72. The first kappa shape index (κ1) is 21.9. The average molecular weight is 390 g/mol.